The van der Waals surface area contributed by atoms with Crippen molar-refractivity contribution in [1.82, 2.24) is 0 Å². The number of carbonyl (C=O) groups excluding carboxylic acids is 2. The van der Waals surface area contributed by atoms with Crippen LogP contribution in [0.3, 0.4) is 0 Å². The first kappa shape index (κ1) is 20.3. The number of esters is 1. The minimum absolute atomic E-state index is 0.00896. The molecule has 0 atom stereocenters. The van der Waals surface area contributed by atoms with Crippen molar-refractivity contribution in [1.29, 1.82) is 0 Å². The van der Waals surface area contributed by atoms with Gasteiger partial charge in [-0.25, -0.2) is 4.79 Å². The van der Waals surface area contributed by atoms with E-state index >= 15 is 0 Å². The largest absolute Gasteiger partial charge is 0.493 e. The maximum absolute atomic E-state index is 13.3. The predicted octanol–water partition coefficient (Wildman–Crippen LogP) is 4.45. The highest BCUT2D eigenvalue weighted by molar-refractivity contribution is 6.05. The predicted molar refractivity (Wildman–Crippen MR) is 93.1 cm³/mol. The van der Waals surface area contributed by atoms with E-state index in [-0.39, 0.29) is 34.7 Å². The molecule has 0 saturated carbocycles. The van der Waals surface area contributed by atoms with Crippen molar-refractivity contribution in [3.05, 3.63) is 58.7 Å². The Labute approximate surface area is 154 Å². The van der Waals surface area contributed by atoms with Crippen LogP contribution in [0.4, 0.5) is 18.9 Å². The van der Waals surface area contributed by atoms with Crippen molar-refractivity contribution in [2.45, 2.75) is 20.0 Å². The summed E-state index contributed by atoms with van der Waals surface area (Å²) in [7, 11) is 1.23. The van der Waals surface area contributed by atoms with Crippen LogP contribution >= 0.6 is 0 Å². The minimum Gasteiger partial charge on any atom is -0.493 e. The third-order valence-electron chi connectivity index (χ3n) is 3.69. The molecule has 0 bridgehead atoms. The number of amides is 1. The molecule has 0 aromatic heterocycles. The van der Waals surface area contributed by atoms with E-state index in [1.165, 1.54) is 44.4 Å². The normalized spacial score (nSPS) is 11.0. The van der Waals surface area contributed by atoms with Crippen molar-refractivity contribution >= 4 is 17.6 Å². The number of alkyl halides is 3. The van der Waals surface area contributed by atoms with Crippen molar-refractivity contribution in [3.63, 3.8) is 0 Å². The lowest BCUT2D eigenvalue weighted by molar-refractivity contribution is -0.138. The van der Waals surface area contributed by atoms with Crippen molar-refractivity contribution < 1.29 is 32.2 Å². The van der Waals surface area contributed by atoms with Gasteiger partial charge in [-0.3, -0.25) is 4.79 Å². The Morgan fingerprint density at radius 1 is 1.07 bits per heavy atom. The number of ether oxygens (including phenoxy) is 2. The Morgan fingerprint density at radius 2 is 1.67 bits per heavy atom. The van der Waals surface area contributed by atoms with E-state index in [1.54, 1.807) is 6.92 Å². The minimum atomic E-state index is -4.63. The fourth-order valence-corrected chi connectivity index (χ4v) is 2.47. The summed E-state index contributed by atoms with van der Waals surface area (Å²) < 4.78 is 49.6. The lowest BCUT2D eigenvalue weighted by Crippen LogP contribution is -2.15. The van der Waals surface area contributed by atoms with Gasteiger partial charge in [0.1, 0.15) is 5.75 Å². The Bertz CT molecular complexity index is 845. The summed E-state index contributed by atoms with van der Waals surface area (Å²) >= 11 is 0. The zero-order chi connectivity index (χ0) is 20.2. The summed E-state index contributed by atoms with van der Waals surface area (Å²) in [6.45, 7) is 3.15. The van der Waals surface area contributed by atoms with Gasteiger partial charge in [0.25, 0.3) is 5.91 Å². The van der Waals surface area contributed by atoms with Gasteiger partial charge in [-0.05, 0) is 55.8 Å². The maximum atomic E-state index is 13.3. The highest BCUT2D eigenvalue weighted by Gasteiger charge is 2.35. The molecule has 0 aliphatic heterocycles. The van der Waals surface area contributed by atoms with Crippen LogP contribution in [0.15, 0.2) is 36.4 Å². The number of nitrogens with one attached hydrogen (secondary N) is 1. The molecule has 1 amide bonds. The van der Waals surface area contributed by atoms with Crippen molar-refractivity contribution in [3.8, 4) is 5.75 Å². The fourth-order valence-electron chi connectivity index (χ4n) is 2.47. The second kappa shape index (κ2) is 8.11. The van der Waals surface area contributed by atoms with Crippen LogP contribution in [0.2, 0.25) is 0 Å². The molecule has 0 spiro atoms. The average Bonchev–Trinajstić information content (AvgIpc) is 2.62. The smallest absolute Gasteiger partial charge is 0.420 e. The van der Waals surface area contributed by atoms with E-state index in [0.29, 0.717) is 0 Å². The molecular formula is C19H18F3NO4. The van der Waals surface area contributed by atoms with E-state index in [0.717, 1.165) is 6.07 Å². The van der Waals surface area contributed by atoms with Gasteiger partial charge in [0, 0.05) is 11.3 Å². The molecule has 0 heterocycles. The lowest BCUT2D eigenvalue weighted by atomic mass is 10.1. The molecule has 0 unspecified atom stereocenters. The van der Waals surface area contributed by atoms with Crippen molar-refractivity contribution in [2.75, 3.05) is 19.0 Å². The Kier molecular flexibility index (Phi) is 6.09. The van der Waals surface area contributed by atoms with Gasteiger partial charge >= 0.3 is 12.1 Å². The van der Waals surface area contributed by atoms with Crippen LogP contribution < -0.4 is 10.1 Å². The first-order valence-corrected chi connectivity index (χ1v) is 8.01. The number of halogens is 3. The number of aryl methyl sites for hydroxylation is 1. The van der Waals surface area contributed by atoms with E-state index in [1.807, 2.05) is 0 Å². The highest BCUT2D eigenvalue weighted by Crippen LogP contribution is 2.40. The number of hydrogen-bond acceptors (Lipinski definition) is 4. The van der Waals surface area contributed by atoms with Gasteiger partial charge in [0.2, 0.25) is 0 Å². The zero-order valence-electron chi connectivity index (χ0n) is 14.9. The molecule has 1 N–H and O–H groups in total. The molecule has 2 rings (SSSR count). The van der Waals surface area contributed by atoms with Crippen LogP contribution in [-0.2, 0) is 10.9 Å². The first-order valence-electron chi connectivity index (χ1n) is 8.01. The molecule has 2 aromatic rings. The third-order valence-corrected chi connectivity index (χ3v) is 3.69. The monoisotopic (exact) mass is 381 g/mol. The third kappa shape index (κ3) is 4.78. The highest BCUT2D eigenvalue weighted by atomic mass is 19.4. The zero-order valence-corrected chi connectivity index (χ0v) is 14.9. The second-order valence-corrected chi connectivity index (χ2v) is 5.62. The molecule has 0 aliphatic carbocycles. The van der Waals surface area contributed by atoms with Crippen LogP contribution in [0.5, 0.6) is 5.75 Å². The van der Waals surface area contributed by atoms with E-state index in [4.69, 9.17) is 4.74 Å². The standard InChI is InChI=1S/C19H18F3NO4/c1-4-27-16-11(2)9-14(10-15(16)19(20,21)22)23-17(24)12-5-7-13(8-6-12)18(25)26-3/h5-10H,4H2,1-3H3,(H,23,24). The molecule has 2 aromatic carbocycles. The number of hydrogen-bond donors (Lipinski definition) is 1. The summed E-state index contributed by atoms with van der Waals surface area (Å²) in [5.74, 6) is -1.42. The van der Waals surface area contributed by atoms with Crippen LogP contribution in [0, 0.1) is 6.92 Å². The molecule has 8 heteroatoms. The Balaban J connectivity index is 2.30. The quantitative estimate of drug-likeness (QED) is 0.777. The van der Waals surface area contributed by atoms with Gasteiger partial charge in [-0.15, -0.1) is 0 Å². The van der Waals surface area contributed by atoms with Gasteiger partial charge in [0.15, 0.2) is 0 Å². The Hall–Kier alpha value is -3.03. The second-order valence-electron chi connectivity index (χ2n) is 5.62. The molecule has 0 aliphatic rings. The number of benzene rings is 2. The van der Waals surface area contributed by atoms with Gasteiger partial charge in [-0.2, -0.15) is 13.2 Å². The lowest BCUT2D eigenvalue weighted by Gasteiger charge is -2.17. The van der Waals surface area contributed by atoms with Gasteiger partial charge in [0.05, 0.1) is 24.8 Å². The molecule has 0 radical (unpaired) electrons. The number of carbonyl (C=O) groups is 2. The summed E-state index contributed by atoms with van der Waals surface area (Å²) in [5, 5.41) is 2.43. The number of anilines is 1. The van der Waals surface area contributed by atoms with Crippen LogP contribution in [-0.4, -0.2) is 25.6 Å². The van der Waals surface area contributed by atoms with E-state index in [9.17, 15) is 22.8 Å². The topological polar surface area (TPSA) is 64.6 Å². The Morgan fingerprint density at radius 3 is 2.19 bits per heavy atom. The molecule has 0 saturated heterocycles. The summed E-state index contributed by atoms with van der Waals surface area (Å²) in [6.07, 6.45) is -4.63. The molecule has 27 heavy (non-hydrogen) atoms. The maximum Gasteiger partial charge on any atom is 0.420 e. The van der Waals surface area contributed by atoms with E-state index in [2.05, 4.69) is 10.1 Å². The average molecular weight is 381 g/mol. The first-order chi connectivity index (χ1) is 12.7. The number of rotatable bonds is 5. The molecule has 0 fully saturated rings. The summed E-state index contributed by atoms with van der Waals surface area (Å²) in [5.41, 5.74) is -0.276. The van der Waals surface area contributed by atoms with Crippen LogP contribution in [0.1, 0.15) is 38.8 Å². The van der Waals surface area contributed by atoms with Crippen LogP contribution in [0.25, 0.3) is 0 Å². The molecular weight excluding hydrogens is 363 g/mol. The SMILES string of the molecule is CCOc1c(C)cc(NC(=O)c2ccc(C(=O)OC)cc2)cc1C(F)(F)F. The summed E-state index contributed by atoms with van der Waals surface area (Å²) in [6, 6.07) is 7.79. The summed E-state index contributed by atoms with van der Waals surface area (Å²) in [4.78, 5) is 23.7. The van der Waals surface area contributed by atoms with E-state index < -0.39 is 23.6 Å². The molecule has 5 nitrogen and oxygen atoms in total. The number of methoxy groups -OCH3 is 1. The van der Waals surface area contributed by atoms with Gasteiger partial charge in [-0.1, -0.05) is 0 Å². The van der Waals surface area contributed by atoms with Crippen molar-refractivity contribution in [2.24, 2.45) is 0 Å². The molecule has 144 valence electrons. The fraction of sp³-hybridized carbons (Fsp3) is 0.263. The van der Waals surface area contributed by atoms with Gasteiger partial charge < -0.3 is 14.8 Å².